The molecule has 2 aromatic heterocycles. The number of aromatic nitrogens is 2. The molecular weight excluding hydrogens is 316 g/mol. The Balaban J connectivity index is 1.97. The summed E-state index contributed by atoms with van der Waals surface area (Å²) in [5, 5.41) is 20.3. The van der Waals surface area contributed by atoms with Crippen LogP contribution in [0.25, 0.3) is 0 Å². The Labute approximate surface area is 116 Å². The lowest BCUT2D eigenvalue weighted by Crippen LogP contribution is -1.95. The number of carboxylic acids is 2. The fourth-order valence-corrected chi connectivity index (χ4v) is 4.88. The molecule has 18 heavy (non-hydrogen) atoms. The minimum Gasteiger partial charge on any atom is -0.476 e. The number of nitrogens with zero attached hydrogens (tertiary/aromatic N) is 2. The molecule has 0 fully saturated rings. The number of aromatic carboxylic acids is 2. The molecule has 0 aliphatic carbocycles. The van der Waals surface area contributed by atoms with E-state index in [1.807, 2.05) is 0 Å². The molecule has 10 heteroatoms. The molecule has 0 aliphatic rings. The van der Waals surface area contributed by atoms with Crippen molar-refractivity contribution in [1.29, 1.82) is 0 Å². The number of hydrogen-bond donors (Lipinski definition) is 2. The molecule has 2 heterocycles. The van der Waals surface area contributed by atoms with E-state index in [-0.39, 0.29) is 11.4 Å². The highest BCUT2D eigenvalue weighted by Gasteiger charge is 2.12. The van der Waals surface area contributed by atoms with Gasteiger partial charge in [-0.05, 0) is 21.6 Å². The van der Waals surface area contributed by atoms with Crippen LogP contribution in [-0.2, 0) is 0 Å². The summed E-state index contributed by atoms with van der Waals surface area (Å²) >= 11 is 2.44. The molecule has 0 radical (unpaired) electrons. The molecule has 2 aromatic rings. The average Bonchev–Trinajstić information content (AvgIpc) is 2.95. The van der Waals surface area contributed by atoms with Crippen molar-refractivity contribution in [3.05, 3.63) is 22.1 Å². The van der Waals surface area contributed by atoms with Gasteiger partial charge >= 0.3 is 11.9 Å². The van der Waals surface area contributed by atoms with E-state index in [1.54, 1.807) is 0 Å². The van der Waals surface area contributed by atoms with Crippen LogP contribution in [0.15, 0.2) is 19.4 Å². The normalized spacial score (nSPS) is 10.4. The highest BCUT2D eigenvalue weighted by molar-refractivity contribution is 8.77. The monoisotopic (exact) mass is 320 g/mol. The molecule has 6 nitrogen and oxygen atoms in total. The third-order valence-electron chi connectivity index (χ3n) is 1.59. The topological polar surface area (TPSA) is 100 Å². The molecule has 2 rings (SSSR count). The first kappa shape index (κ1) is 13.3. The van der Waals surface area contributed by atoms with Crippen molar-refractivity contribution in [3.8, 4) is 0 Å². The van der Waals surface area contributed by atoms with Crippen molar-refractivity contribution in [2.24, 2.45) is 0 Å². The van der Waals surface area contributed by atoms with Gasteiger partial charge in [-0.2, -0.15) is 0 Å². The van der Waals surface area contributed by atoms with Crippen LogP contribution in [-0.4, -0.2) is 32.1 Å². The van der Waals surface area contributed by atoms with Crippen LogP contribution in [0.4, 0.5) is 0 Å². The lowest BCUT2D eigenvalue weighted by Gasteiger charge is -1.91. The first-order chi connectivity index (χ1) is 8.56. The minimum absolute atomic E-state index is 0.00784. The third kappa shape index (κ3) is 3.22. The molecule has 0 amide bonds. The second-order valence-electron chi connectivity index (χ2n) is 2.77. The Morgan fingerprint density at radius 3 is 1.61 bits per heavy atom. The van der Waals surface area contributed by atoms with Crippen molar-refractivity contribution in [3.63, 3.8) is 0 Å². The van der Waals surface area contributed by atoms with Crippen molar-refractivity contribution in [1.82, 2.24) is 9.97 Å². The van der Waals surface area contributed by atoms with Gasteiger partial charge in [-0.1, -0.05) is 0 Å². The fourth-order valence-electron chi connectivity index (χ4n) is 0.859. The van der Waals surface area contributed by atoms with Crippen LogP contribution >= 0.6 is 44.3 Å². The van der Waals surface area contributed by atoms with Gasteiger partial charge < -0.3 is 10.2 Å². The third-order valence-corrected chi connectivity index (χ3v) is 6.32. The smallest absolute Gasteiger partial charge is 0.355 e. The average molecular weight is 320 g/mol. The second kappa shape index (κ2) is 5.69. The van der Waals surface area contributed by atoms with Crippen molar-refractivity contribution < 1.29 is 19.8 Å². The summed E-state index contributed by atoms with van der Waals surface area (Å²) in [5.74, 6) is -2.13. The van der Waals surface area contributed by atoms with Gasteiger partial charge in [0.25, 0.3) is 0 Å². The molecule has 0 aliphatic heterocycles. The number of hydrogen-bond acceptors (Lipinski definition) is 8. The van der Waals surface area contributed by atoms with Crippen molar-refractivity contribution in [2.75, 3.05) is 0 Å². The van der Waals surface area contributed by atoms with Gasteiger partial charge in [0.2, 0.25) is 0 Å². The van der Waals surface area contributed by atoms with E-state index < -0.39 is 11.9 Å². The number of carboxylic acid groups (broad SMARTS) is 2. The second-order valence-corrected chi connectivity index (χ2v) is 7.11. The van der Waals surface area contributed by atoms with Gasteiger partial charge in [0, 0.05) is 10.8 Å². The molecule has 94 valence electrons. The van der Waals surface area contributed by atoms with Crippen LogP contribution in [0.2, 0.25) is 0 Å². The summed E-state index contributed by atoms with van der Waals surface area (Å²) < 4.78 is 1.17. The van der Waals surface area contributed by atoms with E-state index in [1.165, 1.54) is 55.0 Å². The van der Waals surface area contributed by atoms with E-state index in [4.69, 9.17) is 10.2 Å². The maximum atomic E-state index is 10.6. The molecule has 0 spiro atoms. The Bertz CT molecular complexity index is 541. The van der Waals surface area contributed by atoms with E-state index in [0.717, 1.165) is 0 Å². The van der Waals surface area contributed by atoms with Crippen LogP contribution in [0.1, 0.15) is 21.0 Å². The molecule has 0 aromatic carbocycles. The van der Waals surface area contributed by atoms with E-state index in [0.29, 0.717) is 8.68 Å². The molecule has 0 bridgehead atoms. The first-order valence-electron chi connectivity index (χ1n) is 4.28. The summed E-state index contributed by atoms with van der Waals surface area (Å²) in [6, 6.07) is 0. The largest absolute Gasteiger partial charge is 0.476 e. The Hall–Kier alpha value is -1.10. The zero-order valence-electron chi connectivity index (χ0n) is 8.39. The van der Waals surface area contributed by atoms with Crippen LogP contribution in [0.5, 0.6) is 0 Å². The predicted octanol–water partition coefficient (Wildman–Crippen LogP) is 2.80. The fraction of sp³-hybridized carbons (Fsp3) is 0. The number of carbonyl (C=O) groups is 2. The van der Waals surface area contributed by atoms with Gasteiger partial charge in [0.05, 0.1) is 0 Å². The SMILES string of the molecule is O=C(O)c1csc(SSc2nc(C(=O)O)cs2)n1. The summed E-state index contributed by atoms with van der Waals surface area (Å²) in [4.78, 5) is 29.0. The quantitative estimate of drug-likeness (QED) is 0.811. The van der Waals surface area contributed by atoms with Gasteiger partial charge in [-0.15, -0.1) is 22.7 Å². The summed E-state index contributed by atoms with van der Waals surface area (Å²) in [6.45, 7) is 0. The summed E-state index contributed by atoms with van der Waals surface area (Å²) in [5.41, 5.74) is 0.0157. The standard InChI is InChI=1S/C8H4N2O4S4/c11-5(12)3-1-15-7(9-3)17-18-8-10-4(2-16-8)6(13)14/h1-2H,(H,11,12)(H,13,14). The van der Waals surface area contributed by atoms with Gasteiger partial charge in [-0.25, -0.2) is 19.6 Å². The highest BCUT2D eigenvalue weighted by Crippen LogP contribution is 2.40. The molecular formula is C8H4N2O4S4. The van der Waals surface area contributed by atoms with Gasteiger partial charge in [-0.3, -0.25) is 0 Å². The Morgan fingerprint density at radius 1 is 0.944 bits per heavy atom. The van der Waals surface area contributed by atoms with Gasteiger partial charge in [0.1, 0.15) is 0 Å². The van der Waals surface area contributed by atoms with E-state index in [2.05, 4.69) is 9.97 Å². The Kier molecular flexibility index (Phi) is 4.22. The van der Waals surface area contributed by atoms with Crippen LogP contribution in [0.3, 0.4) is 0 Å². The highest BCUT2D eigenvalue weighted by atomic mass is 33.1. The number of thiazole rings is 2. The zero-order chi connectivity index (χ0) is 13.1. The first-order valence-corrected chi connectivity index (χ1v) is 8.19. The lowest BCUT2D eigenvalue weighted by atomic mass is 10.5. The molecule has 0 saturated carbocycles. The Morgan fingerprint density at radius 2 is 1.33 bits per heavy atom. The predicted molar refractivity (Wildman–Crippen MR) is 69.9 cm³/mol. The van der Waals surface area contributed by atoms with E-state index in [9.17, 15) is 9.59 Å². The van der Waals surface area contributed by atoms with Crippen LogP contribution in [0, 0.1) is 0 Å². The van der Waals surface area contributed by atoms with Crippen LogP contribution < -0.4 is 0 Å². The summed E-state index contributed by atoms with van der Waals surface area (Å²) in [7, 11) is 2.51. The molecule has 0 atom stereocenters. The molecule has 0 unspecified atom stereocenters. The maximum Gasteiger partial charge on any atom is 0.355 e. The zero-order valence-corrected chi connectivity index (χ0v) is 11.7. The lowest BCUT2D eigenvalue weighted by molar-refractivity contribution is 0.0680. The van der Waals surface area contributed by atoms with E-state index >= 15 is 0 Å². The molecule has 2 N–H and O–H groups in total. The molecule has 0 saturated heterocycles. The maximum absolute atomic E-state index is 10.6. The van der Waals surface area contributed by atoms with Crippen molar-refractivity contribution >= 4 is 56.2 Å². The van der Waals surface area contributed by atoms with Crippen molar-refractivity contribution in [2.45, 2.75) is 8.68 Å². The minimum atomic E-state index is -1.06. The van der Waals surface area contributed by atoms with Gasteiger partial charge in [0.15, 0.2) is 20.1 Å². The summed E-state index contributed by atoms with van der Waals surface area (Å²) in [6.07, 6.45) is 0. The number of rotatable bonds is 5.